The molecule has 0 spiro atoms. The second kappa shape index (κ2) is 4.56. The summed E-state index contributed by atoms with van der Waals surface area (Å²) < 4.78 is 0. The summed E-state index contributed by atoms with van der Waals surface area (Å²) in [6.45, 7) is 7.20. The average Bonchev–Trinajstić information content (AvgIpc) is 2.16. The van der Waals surface area contributed by atoms with Crippen LogP contribution in [-0.4, -0.2) is 5.78 Å². The van der Waals surface area contributed by atoms with Crippen LogP contribution in [0.2, 0.25) is 0 Å². The van der Waals surface area contributed by atoms with Crippen LogP contribution in [-0.2, 0) is 0 Å². The minimum absolute atomic E-state index is 0.0956. The smallest absolute Gasteiger partial charge is 0.159 e. The maximum absolute atomic E-state index is 11.1. The molecule has 0 aliphatic heterocycles. The molecule has 0 N–H and O–H groups in total. The Morgan fingerprint density at radius 3 is 2.71 bits per heavy atom. The van der Waals surface area contributed by atoms with Crippen LogP contribution >= 0.6 is 0 Å². The third-order valence-corrected chi connectivity index (χ3v) is 2.10. The minimum atomic E-state index is 0.0956. The molecule has 0 saturated heterocycles. The van der Waals surface area contributed by atoms with Crippen molar-refractivity contribution in [1.82, 2.24) is 0 Å². The van der Waals surface area contributed by atoms with Gasteiger partial charge in [-0.15, -0.1) is 0 Å². The molecular formula is C13H14O. The first-order valence-electron chi connectivity index (χ1n) is 4.56. The molecule has 0 unspecified atom stereocenters. The summed E-state index contributed by atoms with van der Waals surface area (Å²) >= 11 is 0. The predicted octanol–water partition coefficient (Wildman–Crippen LogP) is 3.40. The summed E-state index contributed by atoms with van der Waals surface area (Å²) in [4.78, 5) is 11.1. The van der Waals surface area contributed by atoms with Gasteiger partial charge >= 0.3 is 0 Å². The van der Waals surface area contributed by atoms with Gasteiger partial charge in [-0.3, -0.25) is 4.79 Å². The quantitative estimate of drug-likeness (QED) is 0.522. The number of allylic oxidation sites excluding steroid dienone is 2. The lowest BCUT2D eigenvalue weighted by Crippen LogP contribution is -1.93. The molecule has 1 aromatic carbocycles. The lowest BCUT2D eigenvalue weighted by molar-refractivity contribution is 0.101. The van der Waals surface area contributed by atoms with Crippen molar-refractivity contribution in [3.8, 4) is 0 Å². The van der Waals surface area contributed by atoms with Gasteiger partial charge in [0.15, 0.2) is 5.78 Å². The van der Waals surface area contributed by atoms with E-state index in [1.54, 1.807) is 13.0 Å². The number of benzene rings is 1. The fourth-order valence-electron chi connectivity index (χ4n) is 1.21. The van der Waals surface area contributed by atoms with Gasteiger partial charge in [0.2, 0.25) is 0 Å². The van der Waals surface area contributed by atoms with Crippen molar-refractivity contribution in [2.75, 3.05) is 0 Å². The molecule has 72 valence electrons. The largest absolute Gasteiger partial charge is 0.295 e. The SMILES string of the molecule is C=C/C=C\c1cc(C(C)=O)ccc1C. The molecule has 0 radical (unpaired) electrons. The number of Topliss-reactive ketones (excluding diaryl/α,β-unsaturated/α-hetero) is 1. The van der Waals surface area contributed by atoms with Crippen LogP contribution in [0.4, 0.5) is 0 Å². The highest BCUT2D eigenvalue weighted by Crippen LogP contribution is 2.13. The Balaban J connectivity index is 3.14. The number of aryl methyl sites for hydroxylation is 1. The van der Waals surface area contributed by atoms with Gasteiger partial charge in [0.1, 0.15) is 0 Å². The summed E-state index contributed by atoms with van der Waals surface area (Å²) in [5.41, 5.74) is 2.98. The second-order valence-electron chi connectivity index (χ2n) is 3.22. The normalized spacial score (nSPS) is 10.4. The van der Waals surface area contributed by atoms with Gasteiger partial charge in [-0.25, -0.2) is 0 Å². The van der Waals surface area contributed by atoms with E-state index in [-0.39, 0.29) is 5.78 Å². The highest BCUT2D eigenvalue weighted by Gasteiger charge is 2.00. The van der Waals surface area contributed by atoms with Crippen LogP contribution in [0.15, 0.2) is 36.9 Å². The molecule has 14 heavy (non-hydrogen) atoms. The van der Waals surface area contributed by atoms with E-state index in [1.165, 1.54) is 0 Å². The van der Waals surface area contributed by atoms with Gasteiger partial charge in [-0.1, -0.05) is 36.9 Å². The Bertz CT molecular complexity index is 386. The van der Waals surface area contributed by atoms with Crippen LogP contribution in [0.5, 0.6) is 0 Å². The van der Waals surface area contributed by atoms with Gasteiger partial charge in [0, 0.05) is 5.56 Å². The van der Waals surface area contributed by atoms with Crippen molar-refractivity contribution >= 4 is 11.9 Å². The summed E-state index contributed by atoms with van der Waals surface area (Å²) in [7, 11) is 0. The van der Waals surface area contributed by atoms with E-state index in [2.05, 4.69) is 6.58 Å². The van der Waals surface area contributed by atoms with Crippen LogP contribution in [0.3, 0.4) is 0 Å². The monoisotopic (exact) mass is 186 g/mol. The molecule has 0 saturated carbocycles. The Morgan fingerprint density at radius 1 is 1.43 bits per heavy atom. The number of hydrogen-bond acceptors (Lipinski definition) is 1. The van der Waals surface area contributed by atoms with Crippen LogP contribution in [0, 0.1) is 6.92 Å². The summed E-state index contributed by atoms with van der Waals surface area (Å²) in [5.74, 6) is 0.0956. The highest BCUT2D eigenvalue weighted by atomic mass is 16.1. The molecule has 0 bridgehead atoms. The average molecular weight is 186 g/mol. The first-order chi connectivity index (χ1) is 6.65. The molecule has 0 amide bonds. The Labute approximate surface area is 84.8 Å². The maximum Gasteiger partial charge on any atom is 0.159 e. The number of rotatable bonds is 3. The fraction of sp³-hybridized carbons (Fsp3) is 0.154. The van der Waals surface area contributed by atoms with Crippen molar-refractivity contribution in [3.63, 3.8) is 0 Å². The molecular weight excluding hydrogens is 172 g/mol. The molecule has 1 aromatic rings. The molecule has 0 aliphatic carbocycles. The zero-order chi connectivity index (χ0) is 10.6. The van der Waals surface area contributed by atoms with Crippen molar-refractivity contribution in [2.24, 2.45) is 0 Å². The third-order valence-electron chi connectivity index (χ3n) is 2.10. The van der Waals surface area contributed by atoms with E-state index < -0.39 is 0 Å². The van der Waals surface area contributed by atoms with E-state index in [4.69, 9.17) is 0 Å². The number of ketones is 1. The Kier molecular flexibility index (Phi) is 3.41. The van der Waals surface area contributed by atoms with E-state index in [0.29, 0.717) is 0 Å². The fourth-order valence-corrected chi connectivity index (χ4v) is 1.21. The topological polar surface area (TPSA) is 17.1 Å². The number of carbonyl (C=O) groups is 1. The van der Waals surface area contributed by atoms with Gasteiger partial charge in [0.05, 0.1) is 0 Å². The zero-order valence-corrected chi connectivity index (χ0v) is 8.58. The van der Waals surface area contributed by atoms with E-state index in [1.807, 2.05) is 37.3 Å². The summed E-state index contributed by atoms with van der Waals surface area (Å²) in [6.07, 6.45) is 5.54. The highest BCUT2D eigenvalue weighted by molar-refractivity contribution is 5.94. The van der Waals surface area contributed by atoms with Crippen molar-refractivity contribution < 1.29 is 4.79 Å². The first kappa shape index (κ1) is 10.5. The first-order valence-corrected chi connectivity index (χ1v) is 4.56. The van der Waals surface area contributed by atoms with E-state index >= 15 is 0 Å². The Hall–Kier alpha value is -1.63. The molecule has 1 heteroatoms. The predicted molar refractivity (Wildman–Crippen MR) is 60.4 cm³/mol. The van der Waals surface area contributed by atoms with Crippen molar-refractivity contribution in [3.05, 3.63) is 53.6 Å². The van der Waals surface area contributed by atoms with Crippen LogP contribution < -0.4 is 0 Å². The van der Waals surface area contributed by atoms with Crippen molar-refractivity contribution in [2.45, 2.75) is 13.8 Å². The maximum atomic E-state index is 11.1. The molecule has 1 rings (SSSR count). The minimum Gasteiger partial charge on any atom is -0.295 e. The molecule has 1 nitrogen and oxygen atoms in total. The van der Waals surface area contributed by atoms with Gasteiger partial charge in [-0.05, 0) is 31.0 Å². The van der Waals surface area contributed by atoms with E-state index in [0.717, 1.165) is 16.7 Å². The molecule has 0 aromatic heterocycles. The molecule has 0 atom stereocenters. The standard InChI is InChI=1S/C13H14O/c1-4-5-6-12-9-13(11(3)14)8-7-10(12)2/h4-9H,1H2,2-3H3/b6-5-. The molecule has 0 heterocycles. The lowest BCUT2D eigenvalue weighted by atomic mass is 10.0. The van der Waals surface area contributed by atoms with Gasteiger partial charge in [0.25, 0.3) is 0 Å². The van der Waals surface area contributed by atoms with Crippen molar-refractivity contribution in [1.29, 1.82) is 0 Å². The van der Waals surface area contributed by atoms with Gasteiger partial charge in [-0.2, -0.15) is 0 Å². The summed E-state index contributed by atoms with van der Waals surface area (Å²) in [6, 6.07) is 5.71. The zero-order valence-electron chi connectivity index (χ0n) is 8.58. The lowest BCUT2D eigenvalue weighted by Gasteiger charge is -2.02. The third kappa shape index (κ3) is 2.43. The van der Waals surface area contributed by atoms with E-state index in [9.17, 15) is 4.79 Å². The Morgan fingerprint density at radius 2 is 2.14 bits per heavy atom. The van der Waals surface area contributed by atoms with Gasteiger partial charge < -0.3 is 0 Å². The summed E-state index contributed by atoms with van der Waals surface area (Å²) in [5, 5.41) is 0. The second-order valence-corrected chi connectivity index (χ2v) is 3.22. The molecule has 0 fully saturated rings. The molecule has 0 aliphatic rings. The number of hydrogen-bond donors (Lipinski definition) is 0. The van der Waals surface area contributed by atoms with Crippen LogP contribution in [0.25, 0.3) is 6.08 Å². The van der Waals surface area contributed by atoms with Crippen LogP contribution in [0.1, 0.15) is 28.4 Å². The number of carbonyl (C=O) groups excluding carboxylic acids is 1.